The second-order valence-electron chi connectivity index (χ2n) is 3.78. The summed E-state index contributed by atoms with van der Waals surface area (Å²) in [5.41, 5.74) is 7.12. The molecule has 1 aromatic rings. The summed E-state index contributed by atoms with van der Waals surface area (Å²) in [6, 6.07) is 0.153. The highest BCUT2D eigenvalue weighted by atomic mass is 32.1. The topological polar surface area (TPSA) is 38.9 Å². The molecule has 13 heavy (non-hydrogen) atoms. The lowest BCUT2D eigenvalue weighted by molar-refractivity contribution is 0.812. The van der Waals surface area contributed by atoms with Gasteiger partial charge in [-0.25, -0.2) is 4.98 Å². The van der Waals surface area contributed by atoms with Crippen LogP contribution in [0.3, 0.4) is 0 Å². The molecule has 2 rings (SSSR count). The first-order valence-electron chi connectivity index (χ1n) is 4.97. The Labute approximate surface area is 83.2 Å². The first kappa shape index (κ1) is 9.16. The third-order valence-corrected chi connectivity index (χ3v) is 3.88. The van der Waals surface area contributed by atoms with Gasteiger partial charge in [-0.3, -0.25) is 0 Å². The molecule has 1 fully saturated rings. The molecule has 1 saturated carbocycles. The van der Waals surface area contributed by atoms with Gasteiger partial charge in [0, 0.05) is 16.8 Å². The van der Waals surface area contributed by atoms with Crippen molar-refractivity contribution in [1.29, 1.82) is 0 Å². The van der Waals surface area contributed by atoms with Crippen LogP contribution >= 0.6 is 11.3 Å². The van der Waals surface area contributed by atoms with E-state index in [4.69, 9.17) is 5.73 Å². The number of hydrogen-bond donors (Lipinski definition) is 1. The van der Waals surface area contributed by atoms with Crippen LogP contribution in [-0.4, -0.2) is 4.98 Å². The van der Waals surface area contributed by atoms with Crippen molar-refractivity contribution >= 4 is 11.3 Å². The van der Waals surface area contributed by atoms with Gasteiger partial charge < -0.3 is 5.73 Å². The van der Waals surface area contributed by atoms with E-state index in [1.807, 2.05) is 18.3 Å². The van der Waals surface area contributed by atoms with E-state index in [0.29, 0.717) is 0 Å². The van der Waals surface area contributed by atoms with Crippen molar-refractivity contribution < 1.29 is 0 Å². The Kier molecular flexibility index (Phi) is 2.39. The quantitative estimate of drug-likeness (QED) is 0.807. The summed E-state index contributed by atoms with van der Waals surface area (Å²) in [5, 5.41) is 1.32. The SMILES string of the molecule is CCc1nc(C2CC2)sc1C(C)N. The van der Waals surface area contributed by atoms with Gasteiger partial charge in [-0.15, -0.1) is 11.3 Å². The molecule has 0 amide bonds. The number of aryl methyl sites for hydroxylation is 1. The molecule has 0 aliphatic heterocycles. The molecule has 0 aromatic carbocycles. The molecule has 1 aliphatic rings. The van der Waals surface area contributed by atoms with E-state index in [1.165, 1.54) is 28.4 Å². The van der Waals surface area contributed by atoms with Gasteiger partial charge in [-0.2, -0.15) is 0 Å². The van der Waals surface area contributed by atoms with Crippen molar-refractivity contribution in [1.82, 2.24) is 4.98 Å². The van der Waals surface area contributed by atoms with Crippen LogP contribution in [0.2, 0.25) is 0 Å². The minimum atomic E-state index is 0.153. The van der Waals surface area contributed by atoms with E-state index in [9.17, 15) is 0 Å². The number of rotatable bonds is 3. The Morgan fingerprint density at radius 3 is 2.69 bits per heavy atom. The fourth-order valence-corrected chi connectivity index (χ4v) is 2.77. The molecule has 1 aromatic heterocycles. The van der Waals surface area contributed by atoms with Crippen LogP contribution in [0.5, 0.6) is 0 Å². The van der Waals surface area contributed by atoms with E-state index in [0.717, 1.165) is 12.3 Å². The molecular formula is C10H16N2S. The Hall–Kier alpha value is -0.410. The molecule has 1 unspecified atom stereocenters. The normalized spacial score (nSPS) is 19.0. The predicted octanol–water partition coefficient (Wildman–Crippen LogP) is 2.60. The number of hydrogen-bond acceptors (Lipinski definition) is 3. The van der Waals surface area contributed by atoms with Crippen LogP contribution in [0.4, 0.5) is 0 Å². The van der Waals surface area contributed by atoms with Gasteiger partial charge in [-0.1, -0.05) is 6.92 Å². The molecule has 2 nitrogen and oxygen atoms in total. The van der Waals surface area contributed by atoms with Crippen LogP contribution in [0, 0.1) is 0 Å². The Balaban J connectivity index is 2.30. The van der Waals surface area contributed by atoms with Gasteiger partial charge in [0.05, 0.1) is 10.7 Å². The summed E-state index contributed by atoms with van der Waals surface area (Å²) in [6.45, 7) is 4.20. The lowest BCUT2D eigenvalue weighted by atomic mass is 10.2. The van der Waals surface area contributed by atoms with E-state index >= 15 is 0 Å². The van der Waals surface area contributed by atoms with Crippen LogP contribution in [0.25, 0.3) is 0 Å². The molecule has 0 spiro atoms. The fraction of sp³-hybridized carbons (Fsp3) is 0.700. The maximum Gasteiger partial charge on any atom is 0.0962 e. The molecule has 1 aliphatic carbocycles. The van der Waals surface area contributed by atoms with Crippen LogP contribution in [0.1, 0.15) is 54.2 Å². The lowest BCUT2D eigenvalue weighted by Gasteiger charge is -2.01. The molecule has 2 N–H and O–H groups in total. The highest BCUT2D eigenvalue weighted by molar-refractivity contribution is 7.12. The maximum absolute atomic E-state index is 5.89. The van der Waals surface area contributed by atoms with Crippen molar-refractivity contribution in [3.8, 4) is 0 Å². The zero-order valence-corrected chi connectivity index (χ0v) is 9.03. The largest absolute Gasteiger partial charge is 0.323 e. The lowest BCUT2D eigenvalue weighted by Crippen LogP contribution is -2.05. The zero-order chi connectivity index (χ0) is 9.42. The average molecular weight is 196 g/mol. The minimum absolute atomic E-state index is 0.153. The third-order valence-electron chi connectivity index (χ3n) is 2.42. The van der Waals surface area contributed by atoms with Gasteiger partial charge in [0.15, 0.2) is 0 Å². The van der Waals surface area contributed by atoms with Crippen molar-refractivity contribution in [2.75, 3.05) is 0 Å². The molecule has 3 heteroatoms. The van der Waals surface area contributed by atoms with Crippen molar-refractivity contribution in [2.24, 2.45) is 5.73 Å². The Bertz CT molecular complexity index is 300. The molecule has 0 bridgehead atoms. The molecular weight excluding hydrogens is 180 g/mol. The smallest absolute Gasteiger partial charge is 0.0962 e. The van der Waals surface area contributed by atoms with Gasteiger partial charge >= 0.3 is 0 Å². The third kappa shape index (κ3) is 1.76. The second kappa shape index (κ2) is 3.39. The summed E-state index contributed by atoms with van der Waals surface area (Å²) in [5.74, 6) is 0.766. The predicted molar refractivity (Wildman–Crippen MR) is 56.1 cm³/mol. The molecule has 1 heterocycles. The van der Waals surface area contributed by atoms with Crippen LogP contribution in [-0.2, 0) is 6.42 Å². The zero-order valence-electron chi connectivity index (χ0n) is 8.21. The Morgan fingerprint density at radius 1 is 1.62 bits per heavy atom. The molecule has 72 valence electrons. The molecule has 1 atom stereocenters. The summed E-state index contributed by atoms with van der Waals surface area (Å²) in [4.78, 5) is 5.95. The molecule has 0 saturated heterocycles. The summed E-state index contributed by atoms with van der Waals surface area (Å²) >= 11 is 1.83. The second-order valence-corrected chi connectivity index (χ2v) is 4.84. The number of nitrogens with zero attached hydrogens (tertiary/aromatic N) is 1. The number of nitrogens with two attached hydrogens (primary N) is 1. The van der Waals surface area contributed by atoms with Crippen molar-refractivity contribution in [2.45, 2.75) is 45.1 Å². The van der Waals surface area contributed by atoms with Gasteiger partial charge in [0.2, 0.25) is 0 Å². The number of thiazole rings is 1. The Morgan fingerprint density at radius 2 is 2.31 bits per heavy atom. The standard InChI is InChI=1S/C10H16N2S/c1-3-8-9(6(2)11)13-10(12-8)7-4-5-7/h6-7H,3-5,11H2,1-2H3. The minimum Gasteiger partial charge on any atom is -0.323 e. The summed E-state index contributed by atoms with van der Waals surface area (Å²) in [6.07, 6.45) is 3.67. The monoisotopic (exact) mass is 196 g/mol. The van der Waals surface area contributed by atoms with Crippen molar-refractivity contribution in [3.63, 3.8) is 0 Å². The van der Waals surface area contributed by atoms with Gasteiger partial charge in [0.25, 0.3) is 0 Å². The van der Waals surface area contributed by atoms with E-state index in [2.05, 4.69) is 11.9 Å². The maximum atomic E-state index is 5.89. The van der Waals surface area contributed by atoms with Crippen LogP contribution in [0.15, 0.2) is 0 Å². The first-order chi connectivity index (χ1) is 6.22. The highest BCUT2D eigenvalue weighted by Crippen LogP contribution is 2.43. The van der Waals surface area contributed by atoms with E-state index in [1.54, 1.807) is 0 Å². The number of aromatic nitrogens is 1. The summed E-state index contributed by atoms with van der Waals surface area (Å²) < 4.78 is 0. The van der Waals surface area contributed by atoms with Gasteiger partial charge in [-0.05, 0) is 26.2 Å². The average Bonchev–Trinajstić information content (AvgIpc) is 2.84. The first-order valence-corrected chi connectivity index (χ1v) is 5.79. The van der Waals surface area contributed by atoms with E-state index in [-0.39, 0.29) is 6.04 Å². The van der Waals surface area contributed by atoms with Crippen molar-refractivity contribution in [3.05, 3.63) is 15.6 Å². The highest BCUT2D eigenvalue weighted by Gasteiger charge is 2.28. The van der Waals surface area contributed by atoms with Gasteiger partial charge in [0.1, 0.15) is 0 Å². The summed E-state index contributed by atoms with van der Waals surface area (Å²) in [7, 11) is 0. The van der Waals surface area contributed by atoms with Crippen LogP contribution < -0.4 is 5.73 Å². The fourth-order valence-electron chi connectivity index (χ4n) is 1.50. The molecule has 0 radical (unpaired) electrons. The van der Waals surface area contributed by atoms with E-state index < -0.39 is 0 Å².